The number of benzene rings is 2. The second-order valence-electron chi connectivity index (χ2n) is 14.7. The molecule has 0 heterocycles. The van der Waals surface area contributed by atoms with Crippen LogP contribution in [0.5, 0.6) is 11.5 Å². The zero-order valence-electron chi connectivity index (χ0n) is 27.0. The average molecular weight is 569 g/mol. The van der Waals surface area contributed by atoms with Crippen LogP contribution in [0.4, 0.5) is 0 Å². The minimum Gasteiger partial charge on any atom is -0.507 e. The predicted molar refractivity (Wildman–Crippen MR) is 173 cm³/mol. The summed E-state index contributed by atoms with van der Waals surface area (Å²) in [5, 5.41) is 36.6. The molecule has 0 spiro atoms. The molecule has 2 aromatic carbocycles. The van der Waals surface area contributed by atoms with Gasteiger partial charge in [0.1, 0.15) is 16.9 Å². The monoisotopic (exact) mass is 568 g/mol. The van der Waals surface area contributed by atoms with Crippen molar-refractivity contribution in [3.8, 4) is 11.5 Å². The number of thioether (sulfide) groups is 1. The van der Waals surface area contributed by atoms with Crippen molar-refractivity contribution in [2.75, 3.05) is 0 Å². The summed E-state index contributed by atoms with van der Waals surface area (Å²) >= 11 is 1.49. The lowest BCUT2D eigenvalue weighted by atomic mass is 9.68. The highest BCUT2D eigenvalue weighted by Gasteiger charge is 2.42. The molecule has 0 unspecified atom stereocenters. The van der Waals surface area contributed by atoms with Gasteiger partial charge in [0.05, 0.1) is 0 Å². The SMILES string of the molecule is C=CSC=C.CC(C)(C)c1cc(C(C)(C(=O)O)c2cc(C(C)(C)C)c(O)c(C(C)(C)C)c2)cc(C(C)(C)C)c1O. The molecule has 40 heavy (non-hydrogen) atoms. The lowest BCUT2D eigenvalue weighted by Gasteiger charge is -2.35. The van der Waals surface area contributed by atoms with E-state index in [2.05, 4.69) is 13.2 Å². The summed E-state index contributed by atoms with van der Waals surface area (Å²) < 4.78 is 0. The molecule has 0 saturated heterocycles. The van der Waals surface area contributed by atoms with Crippen LogP contribution < -0.4 is 0 Å². The van der Waals surface area contributed by atoms with Gasteiger partial charge < -0.3 is 15.3 Å². The first-order valence-corrected chi connectivity index (χ1v) is 14.7. The number of phenolic OH excluding ortho intramolecular Hbond substituents is 2. The van der Waals surface area contributed by atoms with E-state index in [1.807, 2.05) is 107 Å². The van der Waals surface area contributed by atoms with Crippen molar-refractivity contribution in [3.05, 3.63) is 81.6 Å². The van der Waals surface area contributed by atoms with Crippen LogP contribution >= 0.6 is 11.8 Å². The summed E-state index contributed by atoms with van der Waals surface area (Å²) in [6.07, 6.45) is 0. The van der Waals surface area contributed by atoms with Crippen LogP contribution in [-0.4, -0.2) is 21.3 Å². The first-order valence-electron chi connectivity index (χ1n) is 13.7. The Morgan fingerprint density at radius 1 is 0.600 bits per heavy atom. The molecule has 222 valence electrons. The number of rotatable bonds is 5. The largest absolute Gasteiger partial charge is 0.507 e. The smallest absolute Gasteiger partial charge is 0.318 e. The fraction of sp³-hybridized carbons (Fsp3) is 0.514. The highest BCUT2D eigenvalue weighted by molar-refractivity contribution is 8.04. The van der Waals surface area contributed by atoms with Gasteiger partial charge in [-0.25, -0.2) is 0 Å². The van der Waals surface area contributed by atoms with Gasteiger partial charge in [0.15, 0.2) is 0 Å². The van der Waals surface area contributed by atoms with Crippen LogP contribution in [0, 0.1) is 0 Å². The molecule has 3 N–H and O–H groups in total. The van der Waals surface area contributed by atoms with Crippen LogP contribution in [0.1, 0.15) is 123 Å². The van der Waals surface area contributed by atoms with E-state index in [9.17, 15) is 20.1 Å². The molecule has 0 bridgehead atoms. The summed E-state index contributed by atoms with van der Waals surface area (Å²) in [4.78, 5) is 13.1. The van der Waals surface area contributed by atoms with Crippen molar-refractivity contribution in [2.24, 2.45) is 0 Å². The van der Waals surface area contributed by atoms with Gasteiger partial charge in [-0.3, -0.25) is 4.79 Å². The molecule has 0 amide bonds. The molecule has 0 atom stereocenters. The molecular weight excluding hydrogens is 516 g/mol. The van der Waals surface area contributed by atoms with Crippen molar-refractivity contribution < 1.29 is 20.1 Å². The zero-order valence-corrected chi connectivity index (χ0v) is 27.9. The minimum atomic E-state index is -1.40. The van der Waals surface area contributed by atoms with E-state index in [-0.39, 0.29) is 33.2 Å². The van der Waals surface area contributed by atoms with Crippen LogP contribution in [0.15, 0.2) is 48.2 Å². The van der Waals surface area contributed by atoms with Crippen LogP contribution in [0.25, 0.3) is 0 Å². The molecule has 0 aliphatic heterocycles. The van der Waals surface area contributed by atoms with Crippen molar-refractivity contribution in [1.82, 2.24) is 0 Å². The molecule has 2 aromatic rings. The molecule has 0 saturated carbocycles. The van der Waals surface area contributed by atoms with Gasteiger partial charge in [0, 0.05) is 0 Å². The number of hydrogen-bond donors (Lipinski definition) is 3. The van der Waals surface area contributed by atoms with Crippen LogP contribution in [0.3, 0.4) is 0 Å². The zero-order chi connectivity index (χ0) is 31.6. The van der Waals surface area contributed by atoms with Gasteiger partial charge in [-0.15, -0.1) is 11.8 Å². The quantitative estimate of drug-likeness (QED) is 0.335. The lowest BCUT2D eigenvalue weighted by molar-refractivity contribution is -0.141. The van der Waals surface area contributed by atoms with E-state index in [1.165, 1.54) is 11.8 Å². The molecule has 0 fully saturated rings. The van der Waals surface area contributed by atoms with Crippen LogP contribution in [0.2, 0.25) is 0 Å². The Morgan fingerprint density at radius 3 is 0.950 bits per heavy atom. The Hall–Kier alpha value is -2.66. The summed E-state index contributed by atoms with van der Waals surface area (Å²) in [5.74, 6) is -0.538. The summed E-state index contributed by atoms with van der Waals surface area (Å²) in [6.45, 7) is 32.9. The fourth-order valence-corrected chi connectivity index (χ4v) is 4.75. The maximum absolute atomic E-state index is 13.1. The highest BCUT2D eigenvalue weighted by atomic mass is 32.2. The topological polar surface area (TPSA) is 77.8 Å². The predicted octanol–water partition coefficient (Wildman–Crippen LogP) is 9.68. The van der Waals surface area contributed by atoms with Gasteiger partial charge in [-0.05, 0) is 72.8 Å². The van der Waals surface area contributed by atoms with E-state index in [0.717, 1.165) is 22.3 Å². The van der Waals surface area contributed by atoms with E-state index in [0.29, 0.717) is 11.1 Å². The first kappa shape index (κ1) is 35.4. The summed E-state index contributed by atoms with van der Waals surface area (Å²) in [5.41, 5.74) is 1.16. The summed E-state index contributed by atoms with van der Waals surface area (Å²) in [7, 11) is 0. The van der Waals surface area contributed by atoms with E-state index in [4.69, 9.17) is 0 Å². The number of hydrogen-bond acceptors (Lipinski definition) is 4. The molecule has 0 aliphatic rings. The molecule has 4 nitrogen and oxygen atoms in total. The van der Waals surface area contributed by atoms with Crippen LogP contribution in [-0.2, 0) is 31.9 Å². The van der Waals surface area contributed by atoms with E-state index in [1.54, 1.807) is 17.7 Å². The average Bonchev–Trinajstić information content (AvgIpc) is 2.76. The van der Waals surface area contributed by atoms with Crippen molar-refractivity contribution in [3.63, 3.8) is 0 Å². The van der Waals surface area contributed by atoms with Gasteiger partial charge in [-0.2, -0.15) is 0 Å². The van der Waals surface area contributed by atoms with E-state index >= 15 is 0 Å². The maximum atomic E-state index is 13.1. The summed E-state index contributed by atoms with van der Waals surface area (Å²) in [6, 6.07) is 7.39. The third-order valence-electron chi connectivity index (χ3n) is 7.23. The number of phenols is 2. The maximum Gasteiger partial charge on any atom is 0.318 e. The van der Waals surface area contributed by atoms with Gasteiger partial charge >= 0.3 is 5.97 Å². The normalized spacial score (nSPS) is 12.8. The molecule has 0 aliphatic carbocycles. The van der Waals surface area contributed by atoms with Gasteiger partial charge in [0.2, 0.25) is 0 Å². The Balaban J connectivity index is 0.00000146. The van der Waals surface area contributed by atoms with Crippen molar-refractivity contribution in [2.45, 2.75) is 117 Å². The fourth-order valence-electron chi connectivity index (χ4n) is 4.61. The number of aliphatic carboxylic acids is 1. The van der Waals surface area contributed by atoms with E-state index < -0.39 is 11.4 Å². The standard InChI is InChI=1S/C31H46O4.C4H6S/c1-27(2,3)20-14-18(15-21(24(20)32)28(4,5)6)31(13,26(34)35)19-16-22(29(7,8)9)25(33)23(17-19)30(10,11)12;1-3-5-4-2/h14-17,32-33H,1-13H3,(H,34,35);3-4H,1-2H2. The van der Waals surface area contributed by atoms with Crippen molar-refractivity contribution in [1.29, 1.82) is 0 Å². The molecule has 0 radical (unpaired) electrons. The lowest BCUT2D eigenvalue weighted by Crippen LogP contribution is -2.36. The Kier molecular flexibility index (Phi) is 10.7. The third-order valence-corrected chi connectivity index (χ3v) is 7.61. The number of aromatic hydroxyl groups is 2. The number of carboxylic acids is 1. The first-order chi connectivity index (χ1) is 17.8. The molecular formula is C35H52O4S. The van der Waals surface area contributed by atoms with Crippen molar-refractivity contribution >= 4 is 17.7 Å². The second kappa shape index (κ2) is 12.1. The Bertz CT molecular complexity index is 1080. The van der Waals surface area contributed by atoms with Gasteiger partial charge in [-0.1, -0.05) is 121 Å². The van der Waals surface area contributed by atoms with Gasteiger partial charge in [0.25, 0.3) is 0 Å². The highest BCUT2D eigenvalue weighted by Crippen LogP contribution is 2.47. The second-order valence-corrected chi connectivity index (χ2v) is 15.7. The third kappa shape index (κ3) is 7.75. The Labute approximate surface area is 247 Å². The number of carbonyl (C=O) groups is 1. The minimum absolute atomic E-state index is 0.220. The number of carboxylic acid groups (broad SMARTS) is 1. The molecule has 5 heteroatoms. The molecule has 0 aromatic heterocycles. The molecule has 2 rings (SSSR count). The Morgan fingerprint density at radius 2 is 0.825 bits per heavy atom.